The highest BCUT2D eigenvalue weighted by atomic mass is 16.5. The van der Waals surface area contributed by atoms with Gasteiger partial charge >= 0.3 is 0 Å². The van der Waals surface area contributed by atoms with Gasteiger partial charge in [-0.05, 0) is 32.3 Å². The Labute approximate surface area is 156 Å². The van der Waals surface area contributed by atoms with Crippen LogP contribution in [0.25, 0.3) is 0 Å². The molecule has 2 heterocycles. The standard InChI is InChI=1S/C21H30N2O3/c1-21(2,23-11-13-26-14-12-23)20(25)22-10-6-9-18(16-22)19(24)15-17-7-4-3-5-8-17/h3-5,7-8,18H,6,9-16H2,1-2H3/t18-/m0/s1. The molecule has 2 saturated heterocycles. The third-order valence-electron chi connectivity index (χ3n) is 5.71. The van der Waals surface area contributed by atoms with Crippen molar-refractivity contribution < 1.29 is 14.3 Å². The zero-order valence-corrected chi connectivity index (χ0v) is 15.9. The molecule has 0 saturated carbocycles. The number of morpholine rings is 1. The molecule has 0 radical (unpaired) electrons. The third kappa shape index (κ3) is 4.33. The first-order chi connectivity index (χ1) is 12.5. The minimum atomic E-state index is -0.547. The summed E-state index contributed by atoms with van der Waals surface area (Å²) in [4.78, 5) is 30.0. The molecule has 26 heavy (non-hydrogen) atoms. The van der Waals surface area contributed by atoms with E-state index in [-0.39, 0.29) is 17.6 Å². The molecule has 5 heteroatoms. The summed E-state index contributed by atoms with van der Waals surface area (Å²) in [6.45, 7) is 8.21. The van der Waals surface area contributed by atoms with Crippen molar-refractivity contribution in [3.05, 3.63) is 35.9 Å². The maximum absolute atomic E-state index is 13.2. The van der Waals surface area contributed by atoms with Gasteiger partial charge in [0.05, 0.1) is 18.8 Å². The van der Waals surface area contributed by atoms with Crippen molar-refractivity contribution in [1.82, 2.24) is 9.80 Å². The Morgan fingerprint density at radius 3 is 2.50 bits per heavy atom. The van der Waals surface area contributed by atoms with Gasteiger partial charge in [0.25, 0.3) is 0 Å². The van der Waals surface area contributed by atoms with E-state index in [1.807, 2.05) is 49.1 Å². The summed E-state index contributed by atoms with van der Waals surface area (Å²) in [5, 5.41) is 0. The van der Waals surface area contributed by atoms with Crippen LogP contribution in [0.1, 0.15) is 32.3 Å². The van der Waals surface area contributed by atoms with E-state index in [1.165, 1.54) is 0 Å². The summed E-state index contributed by atoms with van der Waals surface area (Å²) in [5.41, 5.74) is 0.503. The van der Waals surface area contributed by atoms with Crippen LogP contribution in [0.4, 0.5) is 0 Å². The number of amides is 1. The second-order valence-corrected chi connectivity index (χ2v) is 7.88. The van der Waals surface area contributed by atoms with Crippen LogP contribution in [0.5, 0.6) is 0 Å². The highest BCUT2D eigenvalue weighted by molar-refractivity contribution is 5.88. The Kier molecular flexibility index (Phi) is 6.09. The van der Waals surface area contributed by atoms with Crippen LogP contribution in [0.3, 0.4) is 0 Å². The summed E-state index contributed by atoms with van der Waals surface area (Å²) in [6, 6.07) is 9.87. The van der Waals surface area contributed by atoms with Crippen molar-refractivity contribution in [2.75, 3.05) is 39.4 Å². The second kappa shape index (κ2) is 8.31. The molecule has 0 bridgehead atoms. The number of carbonyl (C=O) groups excluding carboxylic acids is 2. The van der Waals surface area contributed by atoms with Crippen LogP contribution < -0.4 is 0 Å². The van der Waals surface area contributed by atoms with E-state index in [2.05, 4.69) is 4.90 Å². The van der Waals surface area contributed by atoms with Gasteiger partial charge in [0, 0.05) is 38.5 Å². The molecule has 2 aliphatic heterocycles. The van der Waals surface area contributed by atoms with Gasteiger partial charge in [-0.25, -0.2) is 0 Å². The number of carbonyl (C=O) groups is 2. The largest absolute Gasteiger partial charge is 0.379 e. The minimum Gasteiger partial charge on any atom is -0.379 e. The van der Waals surface area contributed by atoms with Gasteiger partial charge in [0.15, 0.2) is 0 Å². The fourth-order valence-electron chi connectivity index (χ4n) is 4.01. The van der Waals surface area contributed by atoms with E-state index in [4.69, 9.17) is 4.74 Å². The molecule has 0 aliphatic carbocycles. The highest BCUT2D eigenvalue weighted by Gasteiger charge is 2.40. The maximum atomic E-state index is 13.2. The highest BCUT2D eigenvalue weighted by Crippen LogP contribution is 2.25. The molecule has 142 valence electrons. The van der Waals surface area contributed by atoms with Gasteiger partial charge in [0.2, 0.25) is 5.91 Å². The fraction of sp³-hybridized carbons (Fsp3) is 0.619. The van der Waals surface area contributed by atoms with Crippen molar-refractivity contribution in [3.63, 3.8) is 0 Å². The lowest BCUT2D eigenvalue weighted by atomic mass is 9.89. The number of hydrogen-bond acceptors (Lipinski definition) is 4. The summed E-state index contributed by atoms with van der Waals surface area (Å²) in [5.74, 6) is 0.336. The zero-order chi connectivity index (χ0) is 18.6. The number of ether oxygens (including phenoxy) is 1. The molecule has 0 spiro atoms. The SMILES string of the molecule is CC(C)(C(=O)N1CCC[C@H](C(=O)Cc2ccccc2)C1)N1CCOCC1. The number of rotatable bonds is 5. The molecular weight excluding hydrogens is 328 g/mol. The first-order valence-corrected chi connectivity index (χ1v) is 9.67. The number of nitrogens with zero attached hydrogens (tertiary/aromatic N) is 2. The lowest BCUT2D eigenvalue weighted by Crippen LogP contribution is -2.60. The quantitative estimate of drug-likeness (QED) is 0.809. The van der Waals surface area contributed by atoms with E-state index in [9.17, 15) is 9.59 Å². The van der Waals surface area contributed by atoms with Crippen molar-refractivity contribution in [2.45, 2.75) is 38.6 Å². The number of benzene rings is 1. The Hall–Kier alpha value is -1.72. The van der Waals surface area contributed by atoms with Crippen molar-refractivity contribution in [3.8, 4) is 0 Å². The van der Waals surface area contributed by atoms with Gasteiger partial charge in [-0.15, -0.1) is 0 Å². The van der Waals surface area contributed by atoms with E-state index >= 15 is 0 Å². The Balaban J connectivity index is 1.62. The number of ketones is 1. The van der Waals surface area contributed by atoms with Gasteiger partial charge in [-0.1, -0.05) is 30.3 Å². The minimum absolute atomic E-state index is 0.0478. The van der Waals surface area contributed by atoms with Crippen LogP contribution in [0.15, 0.2) is 30.3 Å². The number of likely N-dealkylation sites (tertiary alicyclic amines) is 1. The van der Waals surface area contributed by atoms with Gasteiger partial charge in [-0.2, -0.15) is 0 Å². The molecule has 2 aliphatic rings. The average Bonchev–Trinajstić information content (AvgIpc) is 2.69. The Morgan fingerprint density at radius 2 is 1.81 bits per heavy atom. The van der Waals surface area contributed by atoms with Gasteiger partial charge in [-0.3, -0.25) is 14.5 Å². The van der Waals surface area contributed by atoms with Crippen LogP contribution in [-0.4, -0.2) is 66.4 Å². The molecule has 3 rings (SSSR count). The van der Waals surface area contributed by atoms with Crippen molar-refractivity contribution in [1.29, 1.82) is 0 Å². The lowest BCUT2D eigenvalue weighted by Gasteiger charge is -2.44. The van der Waals surface area contributed by atoms with E-state index < -0.39 is 5.54 Å². The molecule has 0 aromatic heterocycles. The van der Waals surface area contributed by atoms with Crippen LogP contribution >= 0.6 is 0 Å². The van der Waals surface area contributed by atoms with Crippen LogP contribution in [-0.2, 0) is 20.7 Å². The van der Waals surface area contributed by atoms with Crippen LogP contribution in [0, 0.1) is 5.92 Å². The molecule has 0 N–H and O–H groups in total. The first kappa shape index (κ1) is 19.1. The summed E-state index contributed by atoms with van der Waals surface area (Å²) in [6.07, 6.45) is 2.24. The van der Waals surface area contributed by atoms with Gasteiger partial charge in [0.1, 0.15) is 5.78 Å². The molecule has 1 aromatic rings. The number of piperidine rings is 1. The molecular formula is C21H30N2O3. The maximum Gasteiger partial charge on any atom is 0.242 e. The molecule has 1 amide bonds. The first-order valence-electron chi connectivity index (χ1n) is 9.67. The van der Waals surface area contributed by atoms with Crippen molar-refractivity contribution in [2.24, 2.45) is 5.92 Å². The number of Topliss-reactive ketones (excluding diaryl/α,β-unsaturated/α-hetero) is 1. The monoisotopic (exact) mass is 358 g/mol. The zero-order valence-electron chi connectivity index (χ0n) is 15.9. The van der Waals surface area contributed by atoms with Crippen molar-refractivity contribution >= 4 is 11.7 Å². The van der Waals surface area contributed by atoms with Crippen LogP contribution in [0.2, 0.25) is 0 Å². The Morgan fingerprint density at radius 1 is 1.12 bits per heavy atom. The fourth-order valence-corrected chi connectivity index (χ4v) is 4.01. The predicted octanol–water partition coefficient (Wildman–Crippen LogP) is 2.15. The summed E-state index contributed by atoms with van der Waals surface area (Å²) >= 11 is 0. The van der Waals surface area contributed by atoms with E-state index in [1.54, 1.807) is 0 Å². The molecule has 1 aromatic carbocycles. The normalized spacial score (nSPS) is 22.2. The molecule has 0 unspecified atom stereocenters. The second-order valence-electron chi connectivity index (χ2n) is 7.88. The number of hydrogen-bond donors (Lipinski definition) is 0. The summed E-state index contributed by atoms with van der Waals surface area (Å²) in [7, 11) is 0. The van der Waals surface area contributed by atoms with E-state index in [0.717, 1.165) is 38.0 Å². The third-order valence-corrected chi connectivity index (χ3v) is 5.71. The predicted molar refractivity (Wildman–Crippen MR) is 101 cm³/mol. The summed E-state index contributed by atoms with van der Waals surface area (Å²) < 4.78 is 5.41. The Bertz CT molecular complexity index is 623. The molecule has 5 nitrogen and oxygen atoms in total. The topological polar surface area (TPSA) is 49.9 Å². The lowest BCUT2D eigenvalue weighted by molar-refractivity contribution is -0.148. The average molecular weight is 358 g/mol. The smallest absolute Gasteiger partial charge is 0.242 e. The van der Waals surface area contributed by atoms with E-state index in [0.29, 0.717) is 26.2 Å². The molecule has 2 fully saturated rings. The molecule has 1 atom stereocenters. The van der Waals surface area contributed by atoms with Gasteiger partial charge < -0.3 is 9.64 Å².